The Kier molecular flexibility index (Phi) is 3.02. The highest BCUT2D eigenvalue weighted by molar-refractivity contribution is 6.00. The first-order valence-corrected chi connectivity index (χ1v) is 6.31. The van der Waals surface area contributed by atoms with Crippen molar-refractivity contribution >= 4 is 17.1 Å². The highest BCUT2D eigenvalue weighted by Gasteiger charge is 2.08. The van der Waals surface area contributed by atoms with Gasteiger partial charge in [0.2, 0.25) is 0 Å². The smallest absolute Gasteiger partial charge is 0.150 e. The van der Waals surface area contributed by atoms with Gasteiger partial charge in [0, 0.05) is 5.56 Å². The Labute approximate surface area is 116 Å². The molecule has 2 nitrogen and oxygen atoms in total. The van der Waals surface area contributed by atoms with Crippen LogP contribution in [-0.4, -0.2) is 6.29 Å². The topological polar surface area (TPSA) is 40.9 Å². The van der Waals surface area contributed by atoms with Gasteiger partial charge in [0.1, 0.15) is 0 Å². The predicted octanol–water partition coefficient (Wildman–Crippen LogP) is 4.19. The molecular weight excluding hydrogens is 246 g/mol. The second-order valence-corrected chi connectivity index (χ2v) is 4.56. The monoisotopic (exact) mass is 257 g/mol. The summed E-state index contributed by atoms with van der Waals surface area (Å²) in [6, 6.07) is 21.3. The van der Waals surface area contributed by atoms with Crippen molar-refractivity contribution in [2.75, 3.05) is 0 Å². The molecule has 0 fully saturated rings. The van der Waals surface area contributed by atoms with Gasteiger partial charge >= 0.3 is 0 Å². The number of fused-ring (bicyclic) bond motifs is 1. The third kappa shape index (κ3) is 1.96. The van der Waals surface area contributed by atoms with Crippen LogP contribution in [0.15, 0.2) is 60.7 Å². The highest BCUT2D eigenvalue weighted by atomic mass is 16.1. The number of carbonyl (C=O) groups is 1. The normalized spacial score (nSPS) is 10.2. The Morgan fingerprint density at radius 1 is 0.900 bits per heavy atom. The maximum absolute atomic E-state index is 11.3. The molecule has 0 aliphatic rings. The Morgan fingerprint density at radius 2 is 1.70 bits per heavy atom. The summed E-state index contributed by atoms with van der Waals surface area (Å²) in [5.41, 5.74) is 2.90. The van der Waals surface area contributed by atoms with E-state index in [4.69, 9.17) is 5.26 Å². The summed E-state index contributed by atoms with van der Waals surface area (Å²) in [4.78, 5) is 11.3. The molecule has 0 aliphatic carbocycles. The summed E-state index contributed by atoms with van der Waals surface area (Å²) in [6.45, 7) is 0. The van der Waals surface area contributed by atoms with Crippen molar-refractivity contribution in [3.8, 4) is 17.2 Å². The van der Waals surface area contributed by atoms with Gasteiger partial charge in [-0.2, -0.15) is 5.26 Å². The number of carbonyl (C=O) groups excluding carboxylic acids is 1. The van der Waals surface area contributed by atoms with Crippen LogP contribution in [0.2, 0.25) is 0 Å². The van der Waals surface area contributed by atoms with E-state index in [-0.39, 0.29) is 0 Å². The molecule has 0 aliphatic heterocycles. The molecule has 3 aromatic rings. The van der Waals surface area contributed by atoms with Crippen molar-refractivity contribution < 1.29 is 4.79 Å². The molecular formula is C18H11NO. The Bertz CT molecular complexity index is 838. The quantitative estimate of drug-likeness (QED) is 0.646. The van der Waals surface area contributed by atoms with E-state index < -0.39 is 0 Å². The Hall–Kier alpha value is -2.92. The predicted molar refractivity (Wildman–Crippen MR) is 79.5 cm³/mol. The summed E-state index contributed by atoms with van der Waals surface area (Å²) in [5, 5.41) is 11.2. The zero-order valence-corrected chi connectivity index (χ0v) is 10.7. The van der Waals surface area contributed by atoms with Crippen LogP contribution < -0.4 is 0 Å². The molecule has 0 saturated heterocycles. The summed E-state index contributed by atoms with van der Waals surface area (Å²) in [5.74, 6) is 0. The molecule has 3 rings (SSSR count). The number of nitrogens with zero attached hydrogens (tertiary/aromatic N) is 1. The summed E-state index contributed by atoms with van der Waals surface area (Å²) in [6.07, 6.45) is 0.804. The number of nitriles is 1. The van der Waals surface area contributed by atoms with E-state index in [9.17, 15) is 4.79 Å². The molecule has 0 spiro atoms. The molecule has 2 heteroatoms. The molecule has 0 unspecified atom stereocenters. The largest absolute Gasteiger partial charge is 0.298 e. The van der Waals surface area contributed by atoms with Crippen molar-refractivity contribution in [3.05, 3.63) is 71.8 Å². The van der Waals surface area contributed by atoms with Crippen molar-refractivity contribution in [2.45, 2.75) is 0 Å². The Morgan fingerprint density at radius 3 is 2.50 bits per heavy atom. The van der Waals surface area contributed by atoms with Gasteiger partial charge in [-0.15, -0.1) is 0 Å². The van der Waals surface area contributed by atoms with Crippen LogP contribution in [0.4, 0.5) is 0 Å². The zero-order chi connectivity index (χ0) is 13.9. The number of hydrogen-bond acceptors (Lipinski definition) is 2. The highest BCUT2D eigenvalue weighted by Crippen LogP contribution is 2.30. The fourth-order valence-corrected chi connectivity index (χ4v) is 2.44. The molecule has 0 N–H and O–H groups in total. The van der Waals surface area contributed by atoms with E-state index in [1.54, 1.807) is 12.1 Å². The van der Waals surface area contributed by atoms with Crippen LogP contribution >= 0.6 is 0 Å². The molecule has 0 amide bonds. The minimum atomic E-state index is 0.496. The average Bonchev–Trinajstić information content (AvgIpc) is 2.53. The molecule has 0 aromatic heterocycles. The second-order valence-electron chi connectivity index (χ2n) is 4.56. The minimum Gasteiger partial charge on any atom is -0.298 e. The van der Waals surface area contributed by atoms with Crippen molar-refractivity contribution in [1.29, 1.82) is 5.26 Å². The van der Waals surface area contributed by atoms with Gasteiger partial charge in [-0.05, 0) is 34.0 Å². The number of rotatable bonds is 2. The third-order valence-electron chi connectivity index (χ3n) is 3.39. The maximum atomic E-state index is 11.3. The molecule has 20 heavy (non-hydrogen) atoms. The van der Waals surface area contributed by atoms with E-state index in [0.29, 0.717) is 11.1 Å². The van der Waals surface area contributed by atoms with Crippen LogP contribution in [0.25, 0.3) is 21.9 Å². The van der Waals surface area contributed by atoms with Crippen LogP contribution in [0.3, 0.4) is 0 Å². The number of hydrogen-bond donors (Lipinski definition) is 0. The van der Waals surface area contributed by atoms with Gasteiger partial charge in [-0.25, -0.2) is 0 Å². The van der Waals surface area contributed by atoms with Gasteiger partial charge in [-0.1, -0.05) is 48.5 Å². The van der Waals surface area contributed by atoms with Gasteiger partial charge in [0.25, 0.3) is 0 Å². The van der Waals surface area contributed by atoms with Crippen LogP contribution in [0, 0.1) is 11.3 Å². The van der Waals surface area contributed by atoms with E-state index in [0.717, 1.165) is 28.2 Å². The van der Waals surface area contributed by atoms with Crippen molar-refractivity contribution in [2.24, 2.45) is 0 Å². The molecule has 0 atom stereocenters. The first kappa shape index (κ1) is 12.1. The molecule has 94 valence electrons. The lowest BCUT2D eigenvalue weighted by Gasteiger charge is -2.09. The first-order chi connectivity index (χ1) is 9.83. The van der Waals surface area contributed by atoms with E-state index >= 15 is 0 Å². The van der Waals surface area contributed by atoms with Gasteiger partial charge in [0.05, 0.1) is 11.6 Å². The van der Waals surface area contributed by atoms with Gasteiger partial charge in [0.15, 0.2) is 6.29 Å². The lowest BCUT2D eigenvalue weighted by Crippen LogP contribution is -1.90. The molecule has 0 bridgehead atoms. The number of benzene rings is 3. The fourth-order valence-electron chi connectivity index (χ4n) is 2.44. The lowest BCUT2D eigenvalue weighted by atomic mass is 9.94. The maximum Gasteiger partial charge on any atom is 0.150 e. The van der Waals surface area contributed by atoms with Crippen LogP contribution in [-0.2, 0) is 0 Å². The molecule has 0 radical (unpaired) electrons. The zero-order valence-electron chi connectivity index (χ0n) is 10.7. The van der Waals surface area contributed by atoms with Crippen LogP contribution in [0.5, 0.6) is 0 Å². The lowest BCUT2D eigenvalue weighted by molar-refractivity contribution is 0.112. The SMILES string of the molecule is N#Cc1ccc(-c2cccc3ccccc23)c(C=O)c1. The van der Waals surface area contributed by atoms with E-state index in [2.05, 4.69) is 6.07 Å². The second kappa shape index (κ2) is 4.99. The first-order valence-electron chi connectivity index (χ1n) is 6.31. The summed E-state index contributed by atoms with van der Waals surface area (Å²) in [7, 11) is 0. The minimum absolute atomic E-state index is 0.496. The standard InChI is InChI=1S/C18H11NO/c19-11-13-8-9-17(15(10-13)12-20)18-7-3-5-14-4-1-2-6-16(14)18/h1-10,12H. The molecule has 0 saturated carbocycles. The summed E-state index contributed by atoms with van der Waals surface area (Å²) < 4.78 is 0. The summed E-state index contributed by atoms with van der Waals surface area (Å²) >= 11 is 0. The fraction of sp³-hybridized carbons (Fsp3) is 0. The molecule has 0 heterocycles. The van der Waals surface area contributed by atoms with E-state index in [1.807, 2.05) is 48.5 Å². The average molecular weight is 257 g/mol. The Balaban J connectivity index is 2.31. The third-order valence-corrected chi connectivity index (χ3v) is 3.39. The molecule has 3 aromatic carbocycles. The van der Waals surface area contributed by atoms with E-state index in [1.165, 1.54) is 0 Å². The van der Waals surface area contributed by atoms with Crippen molar-refractivity contribution in [1.82, 2.24) is 0 Å². The van der Waals surface area contributed by atoms with Gasteiger partial charge < -0.3 is 0 Å². The number of aldehydes is 1. The van der Waals surface area contributed by atoms with Crippen LogP contribution in [0.1, 0.15) is 15.9 Å². The van der Waals surface area contributed by atoms with Crippen molar-refractivity contribution in [3.63, 3.8) is 0 Å². The van der Waals surface area contributed by atoms with Gasteiger partial charge in [-0.3, -0.25) is 4.79 Å².